The molecule has 11 nitrogen and oxygen atoms in total. The third-order valence-corrected chi connectivity index (χ3v) is 14.2. The van der Waals surface area contributed by atoms with E-state index in [0.717, 1.165) is 51.4 Å². The van der Waals surface area contributed by atoms with Crippen molar-refractivity contribution in [3.05, 3.63) is 36.5 Å². The van der Waals surface area contributed by atoms with Gasteiger partial charge in [-0.05, 0) is 64.2 Å². The number of allylic oxidation sites excluding steroid dienone is 6. The normalized spacial score (nSPS) is 20.5. The molecule has 8 N–H and O–H groups in total. The van der Waals surface area contributed by atoms with Crippen LogP contribution >= 0.6 is 0 Å². The third-order valence-electron chi connectivity index (χ3n) is 14.2. The number of aliphatic hydroxyl groups excluding tert-OH is 7. The van der Waals surface area contributed by atoms with Crippen LogP contribution in [0.25, 0.3) is 0 Å². The largest absolute Gasteiger partial charge is 0.394 e. The molecule has 11 heteroatoms. The highest BCUT2D eigenvalue weighted by Crippen LogP contribution is 2.23. The molecule has 1 aliphatic rings. The van der Waals surface area contributed by atoms with Gasteiger partial charge < -0.3 is 50.5 Å². The minimum atomic E-state index is -1.67. The quantitative estimate of drug-likeness (QED) is 0.0215. The number of amides is 1. The van der Waals surface area contributed by atoms with Crippen LogP contribution in [-0.2, 0) is 14.3 Å². The summed E-state index contributed by atoms with van der Waals surface area (Å²) in [4.78, 5) is 13.2. The number of ether oxygens (including phenoxy) is 2. The first-order valence-electron chi connectivity index (χ1n) is 29.4. The lowest BCUT2D eigenvalue weighted by Crippen LogP contribution is -2.60. The van der Waals surface area contributed by atoms with Crippen LogP contribution in [0.1, 0.15) is 264 Å². The Bertz CT molecular complexity index is 1230. The maximum absolute atomic E-state index is 13.2. The van der Waals surface area contributed by atoms with E-state index >= 15 is 0 Å². The average Bonchev–Trinajstić information content (AvgIpc) is 3.36. The van der Waals surface area contributed by atoms with Crippen LogP contribution < -0.4 is 5.32 Å². The maximum atomic E-state index is 13.2. The van der Waals surface area contributed by atoms with E-state index < -0.39 is 74.2 Å². The fourth-order valence-electron chi connectivity index (χ4n) is 9.42. The second kappa shape index (κ2) is 48.3. The van der Waals surface area contributed by atoms with Gasteiger partial charge in [-0.25, -0.2) is 0 Å². The SMILES string of the molecule is CC/C=C\C/C=C\CCCCCCCCCCCCCCCC(O)C(=O)NC(COC1OC(CO)C(O)C(O)C1O)C(O)C(O)CCC/C=C/CCCCCCCCCCCCCCCCCCCC. The summed E-state index contributed by atoms with van der Waals surface area (Å²) in [6, 6.07) is -1.19. The molecule has 1 saturated heterocycles. The van der Waals surface area contributed by atoms with E-state index in [1.165, 1.54) is 173 Å². The zero-order valence-electron chi connectivity index (χ0n) is 45.0. The molecule has 9 unspecified atom stereocenters. The summed E-state index contributed by atoms with van der Waals surface area (Å²) < 4.78 is 11.1. The van der Waals surface area contributed by atoms with Crippen molar-refractivity contribution in [1.29, 1.82) is 0 Å². The molecule has 1 rings (SSSR count). The van der Waals surface area contributed by atoms with Gasteiger partial charge in [0.15, 0.2) is 6.29 Å². The van der Waals surface area contributed by atoms with E-state index in [9.17, 15) is 40.5 Å². The van der Waals surface area contributed by atoms with E-state index in [0.29, 0.717) is 12.8 Å². The Morgan fingerprint density at radius 2 is 0.929 bits per heavy atom. The van der Waals surface area contributed by atoms with Crippen LogP contribution in [-0.4, -0.2) is 110 Å². The van der Waals surface area contributed by atoms with E-state index in [4.69, 9.17) is 9.47 Å². The molecule has 1 aliphatic heterocycles. The highest BCUT2D eigenvalue weighted by molar-refractivity contribution is 5.80. The summed E-state index contributed by atoms with van der Waals surface area (Å²) in [5, 5.41) is 76.2. The van der Waals surface area contributed by atoms with Crippen LogP contribution in [0.4, 0.5) is 0 Å². The fourth-order valence-corrected chi connectivity index (χ4v) is 9.42. The first-order chi connectivity index (χ1) is 34.2. The molecule has 0 aromatic carbocycles. The molecule has 0 bridgehead atoms. The zero-order chi connectivity index (χ0) is 51.1. The fraction of sp³-hybridized carbons (Fsp3) is 0.881. The summed E-state index contributed by atoms with van der Waals surface area (Å²) >= 11 is 0. The maximum Gasteiger partial charge on any atom is 0.249 e. The van der Waals surface area contributed by atoms with Gasteiger partial charge >= 0.3 is 0 Å². The van der Waals surface area contributed by atoms with Gasteiger partial charge in [0.05, 0.1) is 25.4 Å². The predicted molar refractivity (Wildman–Crippen MR) is 289 cm³/mol. The first kappa shape index (κ1) is 66.3. The van der Waals surface area contributed by atoms with Crippen molar-refractivity contribution in [3.63, 3.8) is 0 Å². The number of hydrogen-bond acceptors (Lipinski definition) is 10. The Labute approximate surface area is 428 Å². The van der Waals surface area contributed by atoms with Crippen LogP contribution in [0.3, 0.4) is 0 Å². The third kappa shape index (κ3) is 36.3. The number of carbonyl (C=O) groups is 1. The molecular weight excluding hydrogens is 883 g/mol. The standard InChI is InChI=1S/C59H111NO10/c1-3-5-7-9-11-13-15-17-19-21-23-25-26-27-29-30-32-34-36-38-40-42-44-46-51(62)54(64)50(49-69-59-57(67)56(66)55(65)53(48-61)70-59)60-58(68)52(63)47-45-43-41-39-37-35-33-31-28-24-22-20-18-16-14-12-10-8-6-4-2/h6,8,12,14,38,40,50-57,59,61-67H,3-5,7,9-11,13,15-37,39,41-49H2,1-2H3,(H,60,68)/b8-6-,14-12-,40-38+. The lowest BCUT2D eigenvalue weighted by Gasteiger charge is -2.40. The van der Waals surface area contributed by atoms with Crippen molar-refractivity contribution in [3.8, 4) is 0 Å². The van der Waals surface area contributed by atoms with Gasteiger partial charge in [0.25, 0.3) is 0 Å². The second-order valence-corrected chi connectivity index (χ2v) is 20.7. The van der Waals surface area contributed by atoms with Gasteiger partial charge in [0, 0.05) is 0 Å². The van der Waals surface area contributed by atoms with Crippen molar-refractivity contribution in [2.75, 3.05) is 13.2 Å². The lowest BCUT2D eigenvalue weighted by atomic mass is 9.98. The zero-order valence-corrected chi connectivity index (χ0v) is 45.0. The summed E-state index contributed by atoms with van der Waals surface area (Å²) in [5.41, 5.74) is 0. The molecule has 0 aromatic rings. The molecule has 9 atom stereocenters. The summed E-state index contributed by atoms with van der Waals surface area (Å²) in [7, 11) is 0. The number of nitrogens with one attached hydrogen (secondary N) is 1. The second-order valence-electron chi connectivity index (χ2n) is 20.7. The highest BCUT2D eigenvalue weighted by atomic mass is 16.7. The minimum absolute atomic E-state index is 0.253. The minimum Gasteiger partial charge on any atom is -0.394 e. The number of rotatable bonds is 50. The van der Waals surface area contributed by atoms with Crippen LogP contribution in [0, 0.1) is 0 Å². The van der Waals surface area contributed by atoms with Gasteiger partial charge in [0.1, 0.15) is 36.6 Å². The smallest absolute Gasteiger partial charge is 0.249 e. The van der Waals surface area contributed by atoms with Crippen molar-refractivity contribution < 1.29 is 50.0 Å². The van der Waals surface area contributed by atoms with Gasteiger partial charge in [-0.3, -0.25) is 4.79 Å². The Morgan fingerprint density at radius 3 is 1.39 bits per heavy atom. The van der Waals surface area contributed by atoms with Crippen molar-refractivity contribution in [2.24, 2.45) is 0 Å². The monoisotopic (exact) mass is 994 g/mol. The van der Waals surface area contributed by atoms with E-state index in [1.807, 2.05) is 0 Å². The number of carbonyl (C=O) groups excluding carboxylic acids is 1. The summed E-state index contributed by atoms with van der Waals surface area (Å²) in [5.74, 6) is -0.705. The van der Waals surface area contributed by atoms with Crippen LogP contribution in [0.5, 0.6) is 0 Å². The topological polar surface area (TPSA) is 189 Å². The number of aliphatic hydroxyl groups is 7. The van der Waals surface area contributed by atoms with Crippen LogP contribution in [0.2, 0.25) is 0 Å². The Balaban J connectivity index is 2.32. The van der Waals surface area contributed by atoms with E-state index in [1.54, 1.807) is 0 Å². The summed E-state index contributed by atoms with van der Waals surface area (Å²) in [6.45, 7) is 3.37. The molecule has 1 heterocycles. The Morgan fingerprint density at radius 1 is 0.514 bits per heavy atom. The molecule has 0 spiro atoms. The Kier molecular flexibility index (Phi) is 45.8. The Hall–Kier alpha value is -1.67. The van der Waals surface area contributed by atoms with E-state index in [2.05, 4.69) is 55.6 Å². The molecule has 1 amide bonds. The lowest BCUT2D eigenvalue weighted by molar-refractivity contribution is -0.303. The molecule has 0 radical (unpaired) electrons. The van der Waals surface area contributed by atoms with Crippen molar-refractivity contribution in [2.45, 2.75) is 319 Å². The predicted octanol–water partition coefficient (Wildman–Crippen LogP) is 12.3. The van der Waals surface area contributed by atoms with Gasteiger partial charge in [0.2, 0.25) is 5.91 Å². The molecule has 70 heavy (non-hydrogen) atoms. The van der Waals surface area contributed by atoms with E-state index in [-0.39, 0.29) is 12.8 Å². The highest BCUT2D eigenvalue weighted by Gasteiger charge is 2.44. The molecule has 0 aliphatic carbocycles. The van der Waals surface area contributed by atoms with Crippen molar-refractivity contribution >= 4 is 5.91 Å². The molecule has 1 fully saturated rings. The van der Waals surface area contributed by atoms with Gasteiger partial charge in [-0.15, -0.1) is 0 Å². The molecule has 0 saturated carbocycles. The molecule has 0 aromatic heterocycles. The van der Waals surface area contributed by atoms with Gasteiger partial charge in [-0.1, -0.05) is 237 Å². The molecular formula is C59H111NO10. The van der Waals surface area contributed by atoms with Gasteiger partial charge in [-0.2, -0.15) is 0 Å². The summed E-state index contributed by atoms with van der Waals surface area (Å²) in [6.07, 6.45) is 47.7. The first-order valence-corrected chi connectivity index (χ1v) is 29.4. The van der Waals surface area contributed by atoms with Crippen LogP contribution in [0.15, 0.2) is 36.5 Å². The molecule has 412 valence electrons. The average molecular weight is 995 g/mol. The number of hydrogen-bond donors (Lipinski definition) is 8. The number of unbranched alkanes of at least 4 members (excludes halogenated alkanes) is 32. The van der Waals surface area contributed by atoms with Crippen molar-refractivity contribution in [1.82, 2.24) is 5.32 Å².